The van der Waals surface area contributed by atoms with Crippen LogP contribution in [0.2, 0.25) is 0 Å². The standard InChI is InChI=1S/C18H22F2N2O4/c1-9(2)5-15(18(25)26)22-16(23)8-21-17(24)13-7-11(13)12-6-10(19)3-4-14(12)20/h3-4,6,9,11,13,15H,5,7-8H2,1-2H3,(H,21,24)(H,22,23)(H,25,26)/t11?,13?,15-/m0/s1. The number of halogens is 2. The maximum absolute atomic E-state index is 13.7. The Labute approximate surface area is 150 Å². The van der Waals surface area contributed by atoms with Gasteiger partial charge in [-0.05, 0) is 48.4 Å². The molecular weight excluding hydrogens is 346 g/mol. The van der Waals surface area contributed by atoms with Crippen LogP contribution in [-0.2, 0) is 14.4 Å². The fraction of sp³-hybridized carbons (Fsp3) is 0.500. The molecule has 0 heterocycles. The van der Waals surface area contributed by atoms with Crippen LogP contribution in [-0.4, -0.2) is 35.5 Å². The van der Waals surface area contributed by atoms with Crippen molar-refractivity contribution in [2.45, 2.75) is 38.6 Å². The summed E-state index contributed by atoms with van der Waals surface area (Å²) in [5.41, 5.74) is 0.150. The van der Waals surface area contributed by atoms with Crippen molar-refractivity contribution in [2.24, 2.45) is 11.8 Å². The SMILES string of the molecule is CC(C)C[C@H](NC(=O)CNC(=O)C1CC1c1cc(F)ccc1F)C(=O)O. The maximum atomic E-state index is 13.7. The number of carbonyl (C=O) groups excluding carboxylic acids is 2. The zero-order valence-electron chi connectivity index (χ0n) is 14.6. The van der Waals surface area contributed by atoms with Crippen LogP contribution in [0.1, 0.15) is 38.2 Å². The molecule has 0 aliphatic heterocycles. The van der Waals surface area contributed by atoms with Crippen molar-refractivity contribution in [3.05, 3.63) is 35.4 Å². The molecule has 0 aromatic heterocycles. The number of hydrogen-bond donors (Lipinski definition) is 3. The second kappa shape index (κ2) is 8.25. The van der Waals surface area contributed by atoms with Gasteiger partial charge < -0.3 is 15.7 Å². The van der Waals surface area contributed by atoms with Gasteiger partial charge in [-0.2, -0.15) is 0 Å². The van der Waals surface area contributed by atoms with E-state index in [1.165, 1.54) is 0 Å². The number of benzene rings is 1. The van der Waals surface area contributed by atoms with E-state index in [9.17, 15) is 23.2 Å². The molecule has 0 bridgehead atoms. The Kier molecular flexibility index (Phi) is 6.28. The van der Waals surface area contributed by atoms with Gasteiger partial charge >= 0.3 is 5.97 Å². The largest absolute Gasteiger partial charge is 0.480 e. The molecule has 142 valence electrons. The minimum atomic E-state index is -1.14. The average molecular weight is 368 g/mol. The summed E-state index contributed by atoms with van der Waals surface area (Å²) in [5, 5.41) is 13.9. The Morgan fingerprint density at radius 2 is 1.96 bits per heavy atom. The van der Waals surface area contributed by atoms with Crippen molar-refractivity contribution in [1.29, 1.82) is 0 Å². The van der Waals surface area contributed by atoms with Gasteiger partial charge in [-0.25, -0.2) is 13.6 Å². The first-order chi connectivity index (χ1) is 12.2. The molecule has 8 heteroatoms. The Morgan fingerprint density at radius 1 is 1.27 bits per heavy atom. The molecule has 0 spiro atoms. The van der Waals surface area contributed by atoms with E-state index in [0.29, 0.717) is 6.42 Å². The van der Waals surface area contributed by atoms with Crippen molar-refractivity contribution in [3.63, 3.8) is 0 Å². The summed E-state index contributed by atoms with van der Waals surface area (Å²) in [7, 11) is 0. The summed E-state index contributed by atoms with van der Waals surface area (Å²) in [5.74, 6) is -4.18. The van der Waals surface area contributed by atoms with Gasteiger partial charge in [0.2, 0.25) is 11.8 Å². The lowest BCUT2D eigenvalue weighted by Gasteiger charge is -2.16. The number of amides is 2. The van der Waals surface area contributed by atoms with Crippen molar-refractivity contribution in [3.8, 4) is 0 Å². The molecule has 1 aromatic carbocycles. The normalized spacial score (nSPS) is 19.7. The Balaban J connectivity index is 1.83. The van der Waals surface area contributed by atoms with Gasteiger partial charge in [0.25, 0.3) is 0 Å². The van der Waals surface area contributed by atoms with Crippen molar-refractivity contribution >= 4 is 17.8 Å². The summed E-state index contributed by atoms with van der Waals surface area (Å²) in [4.78, 5) is 35.0. The van der Waals surface area contributed by atoms with Gasteiger partial charge in [0, 0.05) is 5.92 Å². The highest BCUT2D eigenvalue weighted by molar-refractivity contribution is 5.89. The number of nitrogens with one attached hydrogen (secondary N) is 2. The van der Waals surface area contributed by atoms with E-state index in [1.807, 2.05) is 13.8 Å². The van der Waals surface area contributed by atoms with Crippen LogP contribution in [0.3, 0.4) is 0 Å². The lowest BCUT2D eigenvalue weighted by atomic mass is 10.0. The zero-order valence-corrected chi connectivity index (χ0v) is 14.6. The van der Waals surface area contributed by atoms with Gasteiger partial charge in [0.05, 0.1) is 6.54 Å². The third kappa shape index (κ3) is 5.24. The molecule has 0 saturated heterocycles. The molecule has 1 aliphatic carbocycles. The van der Waals surface area contributed by atoms with Gasteiger partial charge in [-0.15, -0.1) is 0 Å². The van der Waals surface area contributed by atoms with E-state index in [2.05, 4.69) is 10.6 Å². The van der Waals surface area contributed by atoms with E-state index < -0.39 is 47.3 Å². The number of carboxylic acids is 1. The number of carboxylic acid groups (broad SMARTS) is 1. The number of carbonyl (C=O) groups is 3. The zero-order chi connectivity index (χ0) is 19.4. The van der Waals surface area contributed by atoms with Crippen LogP contribution in [0.4, 0.5) is 8.78 Å². The number of rotatable bonds is 8. The molecule has 1 saturated carbocycles. The molecule has 2 rings (SSSR count). The predicted octanol–water partition coefficient (Wildman–Crippen LogP) is 1.80. The fourth-order valence-corrected chi connectivity index (χ4v) is 2.86. The van der Waals surface area contributed by atoms with Gasteiger partial charge in [0.1, 0.15) is 17.7 Å². The smallest absolute Gasteiger partial charge is 0.326 e. The maximum Gasteiger partial charge on any atom is 0.326 e. The Morgan fingerprint density at radius 3 is 2.58 bits per heavy atom. The Hall–Kier alpha value is -2.51. The molecule has 3 N–H and O–H groups in total. The first-order valence-electron chi connectivity index (χ1n) is 8.43. The second-order valence-corrected chi connectivity index (χ2v) is 6.92. The van der Waals surface area contributed by atoms with Crippen LogP contribution in [0.25, 0.3) is 0 Å². The van der Waals surface area contributed by atoms with Crippen molar-refractivity contribution in [2.75, 3.05) is 6.54 Å². The fourth-order valence-electron chi connectivity index (χ4n) is 2.86. The highest BCUT2D eigenvalue weighted by atomic mass is 19.1. The third-order valence-corrected chi connectivity index (χ3v) is 4.25. The van der Waals surface area contributed by atoms with E-state index in [4.69, 9.17) is 5.11 Å². The third-order valence-electron chi connectivity index (χ3n) is 4.25. The van der Waals surface area contributed by atoms with E-state index >= 15 is 0 Å². The van der Waals surface area contributed by atoms with Gasteiger partial charge in [-0.1, -0.05) is 13.8 Å². The molecule has 26 heavy (non-hydrogen) atoms. The predicted molar refractivity (Wildman–Crippen MR) is 89.2 cm³/mol. The number of aliphatic carboxylic acids is 1. The lowest BCUT2D eigenvalue weighted by Crippen LogP contribution is -2.46. The second-order valence-electron chi connectivity index (χ2n) is 6.92. The summed E-state index contributed by atoms with van der Waals surface area (Å²) < 4.78 is 26.9. The highest BCUT2D eigenvalue weighted by Crippen LogP contribution is 2.48. The van der Waals surface area contributed by atoms with E-state index in [0.717, 1.165) is 18.2 Å². The van der Waals surface area contributed by atoms with E-state index in [1.54, 1.807) is 0 Å². The summed E-state index contributed by atoms with van der Waals surface area (Å²) in [6.07, 6.45) is 0.650. The molecule has 6 nitrogen and oxygen atoms in total. The first-order valence-corrected chi connectivity index (χ1v) is 8.43. The molecular formula is C18H22F2N2O4. The van der Waals surface area contributed by atoms with Crippen molar-refractivity contribution in [1.82, 2.24) is 10.6 Å². The molecule has 2 unspecified atom stereocenters. The van der Waals surface area contributed by atoms with Crippen LogP contribution in [0.5, 0.6) is 0 Å². The van der Waals surface area contributed by atoms with E-state index in [-0.39, 0.29) is 24.4 Å². The lowest BCUT2D eigenvalue weighted by molar-refractivity contribution is -0.142. The van der Waals surface area contributed by atoms with Gasteiger partial charge in [0.15, 0.2) is 0 Å². The van der Waals surface area contributed by atoms with Crippen LogP contribution in [0.15, 0.2) is 18.2 Å². The van der Waals surface area contributed by atoms with Gasteiger partial charge in [-0.3, -0.25) is 9.59 Å². The average Bonchev–Trinajstić information content (AvgIpc) is 3.34. The quantitative estimate of drug-likeness (QED) is 0.652. The van der Waals surface area contributed by atoms with Crippen LogP contribution < -0.4 is 10.6 Å². The highest BCUT2D eigenvalue weighted by Gasteiger charge is 2.45. The van der Waals surface area contributed by atoms with Crippen molar-refractivity contribution < 1.29 is 28.3 Å². The summed E-state index contributed by atoms with van der Waals surface area (Å²) in [6.45, 7) is 3.31. The molecule has 2 amide bonds. The topological polar surface area (TPSA) is 95.5 Å². The molecule has 0 radical (unpaired) electrons. The molecule has 3 atom stereocenters. The molecule has 1 aromatic rings. The first kappa shape index (κ1) is 19.8. The van der Waals surface area contributed by atoms with Crippen LogP contribution in [0, 0.1) is 23.5 Å². The Bertz CT molecular complexity index is 708. The monoisotopic (exact) mass is 368 g/mol. The number of hydrogen-bond acceptors (Lipinski definition) is 3. The summed E-state index contributed by atoms with van der Waals surface area (Å²) in [6, 6.07) is 2.08. The minimum absolute atomic E-state index is 0.0828. The minimum Gasteiger partial charge on any atom is -0.480 e. The molecule has 1 aliphatic rings. The van der Waals surface area contributed by atoms with Crippen LogP contribution >= 0.6 is 0 Å². The molecule has 1 fully saturated rings. The summed E-state index contributed by atoms with van der Waals surface area (Å²) >= 11 is 0.